The molecule has 1 aromatic carbocycles. The number of carbonyl (C=O) groups excluding carboxylic acids is 2. The van der Waals surface area contributed by atoms with Gasteiger partial charge in [0.15, 0.2) is 0 Å². The molecular formula is C26H43N3O2. The number of unbranched alkanes of at least 4 members (excludes halogenated alkanes) is 1. The standard InChI is InChI=1S/C26H41N3O2.H2/c1-26(2,3)17-14-25(31)29-18-15-22(16-19-29)9-7-6-8-21-10-12-23(13-11-21)27-24(30)20-28(4)5;/h10-14,17,22H,6-9,15-16,18-20H2,1-5H3,(H,27,30);1H/b17-14-;. The highest BCUT2D eigenvalue weighted by Crippen LogP contribution is 2.24. The molecule has 0 aliphatic carbocycles. The van der Waals surface area contributed by atoms with Gasteiger partial charge in [-0.2, -0.15) is 0 Å². The Morgan fingerprint density at radius 2 is 1.77 bits per heavy atom. The molecule has 1 saturated heterocycles. The second kappa shape index (κ2) is 12.0. The van der Waals surface area contributed by atoms with Gasteiger partial charge in [0, 0.05) is 20.2 Å². The van der Waals surface area contributed by atoms with Gasteiger partial charge in [0.05, 0.1) is 6.54 Å². The molecule has 2 amide bonds. The molecule has 1 aliphatic heterocycles. The van der Waals surface area contributed by atoms with E-state index in [1.807, 2.05) is 42.1 Å². The minimum Gasteiger partial charge on any atom is -0.339 e. The van der Waals surface area contributed by atoms with E-state index in [4.69, 9.17) is 0 Å². The third-order valence-corrected chi connectivity index (χ3v) is 5.68. The van der Waals surface area contributed by atoms with Crippen molar-refractivity contribution in [2.75, 3.05) is 39.0 Å². The molecule has 2 rings (SSSR count). The van der Waals surface area contributed by atoms with Crippen molar-refractivity contribution in [3.63, 3.8) is 0 Å². The molecule has 1 heterocycles. The van der Waals surface area contributed by atoms with Crippen LogP contribution in [0.25, 0.3) is 0 Å². The lowest BCUT2D eigenvalue weighted by atomic mass is 9.90. The maximum Gasteiger partial charge on any atom is 0.246 e. The van der Waals surface area contributed by atoms with E-state index < -0.39 is 0 Å². The Kier molecular flexibility index (Phi) is 9.76. The molecule has 1 fully saturated rings. The van der Waals surface area contributed by atoms with Gasteiger partial charge < -0.3 is 15.1 Å². The van der Waals surface area contributed by atoms with Crippen molar-refractivity contribution in [3.05, 3.63) is 42.0 Å². The first-order valence-electron chi connectivity index (χ1n) is 11.6. The largest absolute Gasteiger partial charge is 0.339 e. The first-order chi connectivity index (χ1) is 14.6. The summed E-state index contributed by atoms with van der Waals surface area (Å²) in [5, 5.41) is 2.92. The molecule has 0 saturated carbocycles. The van der Waals surface area contributed by atoms with Crippen LogP contribution >= 0.6 is 0 Å². The summed E-state index contributed by atoms with van der Waals surface area (Å²) in [6.07, 6.45) is 10.7. The molecule has 5 heteroatoms. The Hall–Kier alpha value is -2.14. The Morgan fingerprint density at radius 3 is 2.35 bits per heavy atom. The van der Waals surface area contributed by atoms with Crippen molar-refractivity contribution in [1.29, 1.82) is 0 Å². The number of anilines is 1. The third-order valence-electron chi connectivity index (χ3n) is 5.68. The molecule has 1 aromatic rings. The predicted octanol–water partition coefficient (Wildman–Crippen LogP) is 4.99. The number of carbonyl (C=O) groups is 2. The molecule has 5 nitrogen and oxygen atoms in total. The molecule has 0 spiro atoms. The van der Waals surface area contributed by atoms with Crippen LogP contribution in [0.1, 0.15) is 59.9 Å². The van der Waals surface area contributed by atoms with Crippen LogP contribution in [0.2, 0.25) is 0 Å². The van der Waals surface area contributed by atoms with Crippen LogP contribution in [-0.4, -0.2) is 55.3 Å². The highest BCUT2D eigenvalue weighted by molar-refractivity contribution is 5.92. The lowest BCUT2D eigenvalue weighted by molar-refractivity contribution is -0.127. The number of rotatable bonds is 9. The van der Waals surface area contributed by atoms with Crippen LogP contribution < -0.4 is 5.32 Å². The number of benzene rings is 1. The van der Waals surface area contributed by atoms with Crippen LogP contribution in [0.4, 0.5) is 5.69 Å². The van der Waals surface area contributed by atoms with Crippen molar-refractivity contribution in [3.8, 4) is 0 Å². The zero-order valence-electron chi connectivity index (χ0n) is 20.1. The molecule has 0 aromatic heterocycles. The number of nitrogens with one attached hydrogen (secondary N) is 1. The van der Waals surface area contributed by atoms with Crippen LogP contribution in [0.15, 0.2) is 36.4 Å². The second-order valence-corrected chi connectivity index (χ2v) is 10.2. The zero-order chi connectivity index (χ0) is 22.9. The summed E-state index contributed by atoms with van der Waals surface area (Å²) < 4.78 is 0. The average Bonchev–Trinajstić information content (AvgIpc) is 2.70. The zero-order valence-corrected chi connectivity index (χ0v) is 20.1. The van der Waals surface area contributed by atoms with Gasteiger partial charge in [-0.05, 0) is 74.9 Å². The topological polar surface area (TPSA) is 52.7 Å². The van der Waals surface area contributed by atoms with Gasteiger partial charge in [-0.15, -0.1) is 0 Å². The van der Waals surface area contributed by atoms with Gasteiger partial charge in [0.1, 0.15) is 0 Å². The van der Waals surface area contributed by atoms with E-state index in [0.717, 1.165) is 44.0 Å². The molecule has 174 valence electrons. The highest BCUT2D eigenvalue weighted by Gasteiger charge is 2.21. The fourth-order valence-electron chi connectivity index (χ4n) is 3.87. The maximum absolute atomic E-state index is 12.3. The molecular weight excluding hydrogens is 386 g/mol. The monoisotopic (exact) mass is 429 g/mol. The van der Waals surface area contributed by atoms with E-state index >= 15 is 0 Å². The smallest absolute Gasteiger partial charge is 0.246 e. The number of hydrogen-bond acceptors (Lipinski definition) is 3. The van der Waals surface area contributed by atoms with Crippen molar-refractivity contribution in [2.24, 2.45) is 11.3 Å². The normalized spacial score (nSPS) is 15.6. The van der Waals surface area contributed by atoms with Crippen molar-refractivity contribution >= 4 is 17.5 Å². The van der Waals surface area contributed by atoms with E-state index in [-0.39, 0.29) is 18.7 Å². The lowest BCUT2D eigenvalue weighted by Gasteiger charge is -2.31. The minimum atomic E-state index is 0. The van der Waals surface area contributed by atoms with Crippen LogP contribution in [0.3, 0.4) is 0 Å². The van der Waals surface area contributed by atoms with E-state index in [0.29, 0.717) is 6.54 Å². The number of likely N-dealkylation sites (N-methyl/N-ethyl adjacent to an activating group) is 1. The first-order valence-corrected chi connectivity index (χ1v) is 11.6. The number of likely N-dealkylation sites (tertiary alicyclic amines) is 1. The fraction of sp³-hybridized carbons (Fsp3) is 0.615. The van der Waals surface area contributed by atoms with Gasteiger partial charge >= 0.3 is 0 Å². The van der Waals surface area contributed by atoms with Crippen molar-refractivity contribution in [1.82, 2.24) is 9.80 Å². The number of allylic oxidation sites excluding steroid dienone is 1. The van der Waals surface area contributed by atoms with Gasteiger partial charge in [0.2, 0.25) is 11.8 Å². The van der Waals surface area contributed by atoms with Gasteiger partial charge in [-0.3, -0.25) is 9.59 Å². The van der Waals surface area contributed by atoms with E-state index in [1.165, 1.54) is 24.8 Å². The minimum absolute atomic E-state index is 0. The van der Waals surface area contributed by atoms with Crippen LogP contribution in [0, 0.1) is 11.3 Å². The van der Waals surface area contributed by atoms with Crippen molar-refractivity contribution in [2.45, 2.75) is 59.3 Å². The van der Waals surface area contributed by atoms with E-state index in [1.54, 1.807) is 6.08 Å². The number of piperidine rings is 1. The predicted molar refractivity (Wildman–Crippen MR) is 131 cm³/mol. The summed E-state index contributed by atoms with van der Waals surface area (Å²) in [4.78, 5) is 28.0. The van der Waals surface area contributed by atoms with E-state index in [2.05, 4.69) is 38.2 Å². The number of hydrogen-bond donors (Lipinski definition) is 1. The van der Waals surface area contributed by atoms with Gasteiger partial charge in [-0.1, -0.05) is 51.8 Å². The van der Waals surface area contributed by atoms with Crippen LogP contribution in [-0.2, 0) is 16.0 Å². The van der Waals surface area contributed by atoms with Crippen LogP contribution in [0.5, 0.6) is 0 Å². The lowest BCUT2D eigenvalue weighted by Crippen LogP contribution is -2.37. The summed E-state index contributed by atoms with van der Waals surface area (Å²) in [5.74, 6) is 0.912. The summed E-state index contributed by atoms with van der Waals surface area (Å²) in [5.41, 5.74) is 2.22. The van der Waals surface area contributed by atoms with Crippen molar-refractivity contribution < 1.29 is 11.0 Å². The summed E-state index contributed by atoms with van der Waals surface area (Å²) in [6, 6.07) is 8.20. The van der Waals surface area contributed by atoms with Gasteiger partial charge in [-0.25, -0.2) is 0 Å². The highest BCUT2D eigenvalue weighted by atomic mass is 16.2. The fourth-order valence-corrected chi connectivity index (χ4v) is 3.87. The second-order valence-electron chi connectivity index (χ2n) is 10.2. The van der Waals surface area contributed by atoms with E-state index in [9.17, 15) is 9.59 Å². The molecule has 0 unspecified atom stereocenters. The Bertz CT molecular complexity index is 730. The number of nitrogens with zero attached hydrogens (tertiary/aromatic N) is 2. The Balaban J connectivity index is 0.00000512. The van der Waals surface area contributed by atoms with Gasteiger partial charge in [0.25, 0.3) is 0 Å². The Labute approximate surface area is 190 Å². The molecule has 1 N–H and O–H groups in total. The maximum atomic E-state index is 12.3. The molecule has 31 heavy (non-hydrogen) atoms. The molecule has 0 radical (unpaired) electrons. The number of amides is 2. The summed E-state index contributed by atoms with van der Waals surface area (Å²) >= 11 is 0. The Morgan fingerprint density at radius 1 is 1.13 bits per heavy atom. The quantitative estimate of drug-likeness (QED) is 0.445. The molecule has 0 bridgehead atoms. The average molecular weight is 430 g/mol. The SMILES string of the molecule is CN(C)CC(=O)Nc1ccc(CCCCC2CCN(C(=O)/C=C\C(C)(C)C)CC2)cc1.[HH]. The third kappa shape index (κ3) is 10.1. The summed E-state index contributed by atoms with van der Waals surface area (Å²) in [7, 11) is 3.77. The molecule has 1 aliphatic rings. The number of aryl methyl sites for hydroxylation is 1. The first kappa shape index (κ1) is 25.1. The molecule has 0 atom stereocenters. The summed E-state index contributed by atoms with van der Waals surface area (Å²) in [6.45, 7) is 8.51.